The molecule has 2 aromatic rings. The van der Waals surface area contributed by atoms with Gasteiger partial charge in [0.2, 0.25) is 0 Å². The Balaban J connectivity index is 1.86. The van der Waals surface area contributed by atoms with Crippen molar-refractivity contribution in [2.24, 2.45) is 0 Å². The third-order valence-electron chi connectivity index (χ3n) is 4.65. The van der Waals surface area contributed by atoms with E-state index >= 15 is 0 Å². The second kappa shape index (κ2) is 7.38. The average molecular weight is 358 g/mol. The molecular formula is C20H20ClNO3. The van der Waals surface area contributed by atoms with Gasteiger partial charge in [-0.2, -0.15) is 0 Å². The monoisotopic (exact) mass is 357 g/mol. The number of amides is 1. The van der Waals surface area contributed by atoms with E-state index < -0.39 is 5.54 Å². The highest BCUT2D eigenvalue weighted by Gasteiger charge is 2.36. The summed E-state index contributed by atoms with van der Waals surface area (Å²) in [6, 6.07) is 14.3. The smallest absolute Gasteiger partial charge is 0.251 e. The van der Waals surface area contributed by atoms with Crippen LogP contribution >= 0.6 is 11.6 Å². The SMILES string of the molecule is CC(=O)c1ccc(C(=O)NC2(c3ccc(Cl)cc3)CCOCC2)cc1. The van der Waals surface area contributed by atoms with Crippen molar-refractivity contribution in [3.05, 3.63) is 70.2 Å². The van der Waals surface area contributed by atoms with Crippen molar-refractivity contribution in [3.8, 4) is 0 Å². The van der Waals surface area contributed by atoms with Crippen LogP contribution in [-0.4, -0.2) is 24.9 Å². The fraction of sp³-hybridized carbons (Fsp3) is 0.300. The van der Waals surface area contributed by atoms with Crippen molar-refractivity contribution >= 4 is 23.3 Å². The molecule has 5 heteroatoms. The molecule has 1 heterocycles. The van der Waals surface area contributed by atoms with Gasteiger partial charge in [0.05, 0.1) is 5.54 Å². The van der Waals surface area contributed by atoms with E-state index in [1.54, 1.807) is 24.3 Å². The number of nitrogens with one attached hydrogen (secondary N) is 1. The molecule has 1 N–H and O–H groups in total. The zero-order valence-electron chi connectivity index (χ0n) is 14.0. The topological polar surface area (TPSA) is 55.4 Å². The highest BCUT2D eigenvalue weighted by Crippen LogP contribution is 2.33. The predicted octanol–water partition coefficient (Wildman–Crippen LogP) is 3.98. The minimum atomic E-state index is -0.473. The summed E-state index contributed by atoms with van der Waals surface area (Å²) in [6.07, 6.45) is 1.40. The van der Waals surface area contributed by atoms with Crippen LogP contribution in [0.3, 0.4) is 0 Å². The third kappa shape index (κ3) is 3.91. The van der Waals surface area contributed by atoms with Crippen LogP contribution in [0.15, 0.2) is 48.5 Å². The van der Waals surface area contributed by atoms with Gasteiger partial charge in [0.15, 0.2) is 5.78 Å². The van der Waals surface area contributed by atoms with Gasteiger partial charge in [-0.3, -0.25) is 9.59 Å². The Kier molecular flexibility index (Phi) is 5.21. The van der Waals surface area contributed by atoms with Crippen molar-refractivity contribution in [1.29, 1.82) is 0 Å². The minimum Gasteiger partial charge on any atom is -0.381 e. The van der Waals surface area contributed by atoms with E-state index in [2.05, 4.69) is 5.32 Å². The fourth-order valence-electron chi connectivity index (χ4n) is 3.12. The number of hydrogen-bond acceptors (Lipinski definition) is 3. The molecule has 1 aliphatic rings. The summed E-state index contributed by atoms with van der Waals surface area (Å²) < 4.78 is 5.48. The largest absolute Gasteiger partial charge is 0.381 e. The lowest BCUT2D eigenvalue weighted by Crippen LogP contribution is -2.49. The molecule has 0 spiro atoms. The van der Waals surface area contributed by atoms with E-state index in [-0.39, 0.29) is 11.7 Å². The van der Waals surface area contributed by atoms with Crippen molar-refractivity contribution in [3.63, 3.8) is 0 Å². The zero-order chi connectivity index (χ0) is 17.9. The molecule has 0 aliphatic carbocycles. The number of hydrogen-bond donors (Lipinski definition) is 1. The van der Waals surface area contributed by atoms with Crippen LogP contribution in [0.1, 0.15) is 46.0 Å². The summed E-state index contributed by atoms with van der Waals surface area (Å²) in [5.74, 6) is -0.180. The lowest BCUT2D eigenvalue weighted by atomic mass is 9.82. The molecule has 2 aromatic carbocycles. The van der Waals surface area contributed by atoms with Crippen LogP contribution in [0.2, 0.25) is 5.02 Å². The van der Waals surface area contributed by atoms with Gasteiger partial charge in [0.1, 0.15) is 0 Å². The Hall–Kier alpha value is -2.17. The minimum absolute atomic E-state index is 0.0194. The highest BCUT2D eigenvalue weighted by molar-refractivity contribution is 6.30. The normalized spacial score (nSPS) is 16.2. The van der Waals surface area contributed by atoms with Gasteiger partial charge in [-0.05, 0) is 49.6 Å². The maximum atomic E-state index is 12.8. The summed E-state index contributed by atoms with van der Waals surface area (Å²) in [4.78, 5) is 24.2. The maximum absolute atomic E-state index is 12.8. The van der Waals surface area contributed by atoms with Crippen molar-refractivity contribution < 1.29 is 14.3 Å². The number of ketones is 1. The molecule has 25 heavy (non-hydrogen) atoms. The predicted molar refractivity (Wildman–Crippen MR) is 97.1 cm³/mol. The first-order chi connectivity index (χ1) is 12.0. The average Bonchev–Trinajstić information content (AvgIpc) is 2.63. The Bertz CT molecular complexity index is 763. The Labute approximate surface area is 152 Å². The number of Topliss-reactive ketones (excluding diaryl/α,β-unsaturated/α-hetero) is 1. The molecule has 0 saturated carbocycles. The Morgan fingerprint density at radius 2 is 1.52 bits per heavy atom. The van der Waals surface area contributed by atoms with Gasteiger partial charge in [0, 0.05) is 29.4 Å². The van der Waals surface area contributed by atoms with Gasteiger partial charge in [0.25, 0.3) is 5.91 Å². The molecule has 1 saturated heterocycles. The first-order valence-corrected chi connectivity index (χ1v) is 8.65. The van der Waals surface area contributed by atoms with E-state index in [0.717, 1.165) is 5.56 Å². The van der Waals surface area contributed by atoms with Crippen molar-refractivity contribution in [2.75, 3.05) is 13.2 Å². The number of benzene rings is 2. The molecule has 4 nitrogen and oxygen atoms in total. The molecule has 0 radical (unpaired) electrons. The van der Waals surface area contributed by atoms with Gasteiger partial charge >= 0.3 is 0 Å². The van der Waals surface area contributed by atoms with Crippen LogP contribution in [0, 0.1) is 0 Å². The number of carbonyl (C=O) groups excluding carboxylic acids is 2. The molecule has 0 unspecified atom stereocenters. The van der Waals surface area contributed by atoms with E-state index in [4.69, 9.17) is 16.3 Å². The molecule has 130 valence electrons. The molecular weight excluding hydrogens is 338 g/mol. The van der Waals surface area contributed by atoms with Gasteiger partial charge in [-0.25, -0.2) is 0 Å². The molecule has 1 fully saturated rings. The molecule has 0 aromatic heterocycles. The standard InChI is InChI=1S/C20H20ClNO3/c1-14(23)15-2-4-16(5-3-15)19(24)22-20(10-12-25-13-11-20)17-6-8-18(21)9-7-17/h2-9H,10-13H2,1H3,(H,22,24). The van der Waals surface area contributed by atoms with Crippen LogP contribution in [0.4, 0.5) is 0 Å². The van der Waals surface area contributed by atoms with E-state index in [0.29, 0.717) is 42.2 Å². The zero-order valence-corrected chi connectivity index (χ0v) is 14.8. The molecule has 3 rings (SSSR count). The van der Waals surface area contributed by atoms with E-state index in [9.17, 15) is 9.59 Å². The number of rotatable bonds is 4. The molecule has 0 bridgehead atoms. The number of halogens is 1. The maximum Gasteiger partial charge on any atom is 0.251 e. The van der Waals surface area contributed by atoms with Gasteiger partial charge in [-0.1, -0.05) is 35.9 Å². The summed E-state index contributed by atoms with van der Waals surface area (Å²) in [7, 11) is 0. The van der Waals surface area contributed by atoms with Crippen LogP contribution < -0.4 is 5.32 Å². The van der Waals surface area contributed by atoms with Crippen LogP contribution in [0.25, 0.3) is 0 Å². The number of ether oxygens (including phenoxy) is 1. The lowest BCUT2D eigenvalue weighted by Gasteiger charge is -2.38. The van der Waals surface area contributed by atoms with E-state index in [1.807, 2.05) is 24.3 Å². The summed E-state index contributed by atoms with van der Waals surface area (Å²) >= 11 is 6.00. The Morgan fingerprint density at radius 1 is 0.960 bits per heavy atom. The summed E-state index contributed by atoms with van der Waals surface area (Å²) in [6.45, 7) is 2.69. The fourth-order valence-corrected chi connectivity index (χ4v) is 3.25. The summed E-state index contributed by atoms with van der Waals surface area (Å²) in [5, 5.41) is 3.85. The first kappa shape index (κ1) is 17.6. The highest BCUT2D eigenvalue weighted by atomic mass is 35.5. The van der Waals surface area contributed by atoms with Crippen molar-refractivity contribution in [1.82, 2.24) is 5.32 Å². The lowest BCUT2D eigenvalue weighted by molar-refractivity contribution is 0.0345. The van der Waals surface area contributed by atoms with Crippen LogP contribution in [-0.2, 0) is 10.3 Å². The van der Waals surface area contributed by atoms with Gasteiger partial charge < -0.3 is 10.1 Å². The molecule has 1 aliphatic heterocycles. The first-order valence-electron chi connectivity index (χ1n) is 8.27. The van der Waals surface area contributed by atoms with Gasteiger partial charge in [-0.15, -0.1) is 0 Å². The second-order valence-electron chi connectivity index (χ2n) is 6.29. The van der Waals surface area contributed by atoms with Crippen molar-refractivity contribution in [2.45, 2.75) is 25.3 Å². The number of carbonyl (C=O) groups is 2. The Morgan fingerprint density at radius 3 is 2.08 bits per heavy atom. The molecule has 0 atom stereocenters. The van der Waals surface area contributed by atoms with E-state index in [1.165, 1.54) is 6.92 Å². The second-order valence-corrected chi connectivity index (χ2v) is 6.73. The van der Waals surface area contributed by atoms with Crippen LogP contribution in [0.5, 0.6) is 0 Å². The summed E-state index contributed by atoms with van der Waals surface area (Å²) in [5.41, 5.74) is 1.67. The molecule has 1 amide bonds. The third-order valence-corrected chi connectivity index (χ3v) is 4.90. The quantitative estimate of drug-likeness (QED) is 0.842.